The molecule has 0 heterocycles. The average molecular weight is 294 g/mol. The lowest BCUT2D eigenvalue weighted by Crippen LogP contribution is -2.29. The van der Waals surface area contributed by atoms with E-state index in [1.807, 2.05) is 6.92 Å². The Morgan fingerprint density at radius 3 is 2.71 bits per heavy atom. The van der Waals surface area contributed by atoms with Crippen LogP contribution in [0.25, 0.3) is 0 Å². The molecule has 2 amide bonds. The van der Waals surface area contributed by atoms with Gasteiger partial charge in [-0.1, -0.05) is 6.92 Å². The predicted molar refractivity (Wildman–Crippen MR) is 76.5 cm³/mol. The van der Waals surface area contributed by atoms with E-state index in [1.165, 1.54) is 19.2 Å². The highest BCUT2D eigenvalue weighted by molar-refractivity contribution is 5.91. The SMILES string of the molecule is COc1ccc(NC(=O)CCNC(=O)[C@@H]2C[C@@H]2C)cc1F. The number of methoxy groups -OCH3 is 1. The zero-order valence-corrected chi connectivity index (χ0v) is 12.1. The lowest BCUT2D eigenvalue weighted by Gasteiger charge is -2.08. The van der Waals surface area contributed by atoms with E-state index in [4.69, 9.17) is 4.74 Å². The van der Waals surface area contributed by atoms with Crippen LogP contribution in [0.4, 0.5) is 10.1 Å². The van der Waals surface area contributed by atoms with E-state index in [0.29, 0.717) is 11.6 Å². The van der Waals surface area contributed by atoms with Gasteiger partial charge in [-0.25, -0.2) is 4.39 Å². The summed E-state index contributed by atoms with van der Waals surface area (Å²) in [4.78, 5) is 23.3. The highest BCUT2D eigenvalue weighted by Gasteiger charge is 2.38. The molecular formula is C15H19FN2O3. The number of anilines is 1. The minimum absolute atomic E-state index is 0.00536. The van der Waals surface area contributed by atoms with Gasteiger partial charge in [-0.2, -0.15) is 0 Å². The van der Waals surface area contributed by atoms with Crippen LogP contribution in [0.5, 0.6) is 5.75 Å². The molecule has 0 aromatic heterocycles. The van der Waals surface area contributed by atoms with E-state index in [9.17, 15) is 14.0 Å². The summed E-state index contributed by atoms with van der Waals surface area (Å²) in [5, 5.41) is 5.30. The first-order valence-electron chi connectivity index (χ1n) is 6.92. The molecule has 1 aromatic rings. The molecule has 0 bridgehead atoms. The van der Waals surface area contributed by atoms with E-state index in [2.05, 4.69) is 10.6 Å². The maximum atomic E-state index is 13.5. The van der Waals surface area contributed by atoms with Gasteiger partial charge < -0.3 is 15.4 Å². The first kappa shape index (κ1) is 15.3. The fourth-order valence-electron chi connectivity index (χ4n) is 2.09. The second kappa shape index (κ2) is 6.56. The van der Waals surface area contributed by atoms with Gasteiger partial charge in [0, 0.05) is 30.6 Å². The summed E-state index contributed by atoms with van der Waals surface area (Å²) in [7, 11) is 1.38. The topological polar surface area (TPSA) is 67.4 Å². The van der Waals surface area contributed by atoms with Crippen LogP contribution in [0, 0.1) is 17.7 Å². The smallest absolute Gasteiger partial charge is 0.226 e. The summed E-state index contributed by atoms with van der Waals surface area (Å²) < 4.78 is 18.3. The van der Waals surface area contributed by atoms with Crippen LogP contribution in [0.1, 0.15) is 19.8 Å². The number of benzene rings is 1. The summed E-state index contributed by atoms with van der Waals surface area (Å²) in [5.41, 5.74) is 0.362. The van der Waals surface area contributed by atoms with Crippen LogP contribution >= 0.6 is 0 Å². The van der Waals surface area contributed by atoms with Gasteiger partial charge in [-0.3, -0.25) is 9.59 Å². The van der Waals surface area contributed by atoms with Crippen LogP contribution in [-0.4, -0.2) is 25.5 Å². The highest BCUT2D eigenvalue weighted by atomic mass is 19.1. The van der Waals surface area contributed by atoms with Crippen molar-refractivity contribution in [2.24, 2.45) is 11.8 Å². The first-order chi connectivity index (χ1) is 10.0. The van der Waals surface area contributed by atoms with Crippen LogP contribution in [0.2, 0.25) is 0 Å². The molecule has 1 fully saturated rings. The van der Waals surface area contributed by atoms with Gasteiger partial charge >= 0.3 is 0 Å². The molecule has 1 aliphatic carbocycles. The summed E-state index contributed by atoms with van der Waals surface area (Å²) >= 11 is 0. The maximum absolute atomic E-state index is 13.5. The Morgan fingerprint density at radius 2 is 2.14 bits per heavy atom. The van der Waals surface area contributed by atoms with Crippen LogP contribution in [0.15, 0.2) is 18.2 Å². The Kier molecular flexibility index (Phi) is 4.77. The van der Waals surface area contributed by atoms with Gasteiger partial charge in [0.1, 0.15) is 0 Å². The molecule has 1 aromatic carbocycles. The fourth-order valence-corrected chi connectivity index (χ4v) is 2.09. The monoisotopic (exact) mass is 294 g/mol. The zero-order chi connectivity index (χ0) is 15.4. The van der Waals surface area contributed by atoms with Crippen LogP contribution < -0.4 is 15.4 Å². The molecule has 6 heteroatoms. The van der Waals surface area contributed by atoms with E-state index in [0.717, 1.165) is 6.42 Å². The number of ether oxygens (including phenoxy) is 1. The maximum Gasteiger partial charge on any atom is 0.226 e. The van der Waals surface area contributed by atoms with Gasteiger partial charge in [-0.05, 0) is 24.5 Å². The largest absolute Gasteiger partial charge is 0.494 e. The average Bonchev–Trinajstić information content (AvgIpc) is 3.16. The summed E-state index contributed by atoms with van der Waals surface area (Å²) in [6, 6.07) is 4.20. The molecule has 0 aliphatic heterocycles. The van der Waals surface area contributed by atoms with E-state index >= 15 is 0 Å². The Balaban J connectivity index is 1.74. The van der Waals surface area contributed by atoms with Crippen LogP contribution in [0.3, 0.4) is 0 Å². The van der Waals surface area contributed by atoms with Crippen molar-refractivity contribution in [1.29, 1.82) is 0 Å². The van der Waals surface area contributed by atoms with Crippen molar-refractivity contribution in [3.05, 3.63) is 24.0 Å². The van der Waals surface area contributed by atoms with Crippen molar-refractivity contribution >= 4 is 17.5 Å². The molecular weight excluding hydrogens is 275 g/mol. The van der Waals surface area contributed by atoms with Crippen molar-refractivity contribution in [2.75, 3.05) is 19.0 Å². The number of hydrogen-bond donors (Lipinski definition) is 2. The normalized spacial score (nSPS) is 19.8. The van der Waals surface area contributed by atoms with Gasteiger partial charge in [0.15, 0.2) is 11.6 Å². The first-order valence-corrected chi connectivity index (χ1v) is 6.92. The number of hydrogen-bond acceptors (Lipinski definition) is 3. The van der Waals surface area contributed by atoms with Crippen molar-refractivity contribution in [3.8, 4) is 5.75 Å². The van der Waals surface area contributed by atoms with Crippen molar-refractivity contribution in [1.82, 2.24) is 5.32 Å². The second-order valence-corrected chi connectivity index (χ2v) is 5.26. The minimum atomic E-state index is -0.536. The molecule has 2 rings (SSSR count). The molecule has 2 N–H and O–H groups in total. The summed E-state index contributed by atoms with van der Waals surface area (Å²) in [5.74, 6) is -0.135. The zero-order valence-electron chi connectivity index (χ0n) is 12.1. The molecule has 2 atom stereocenters. The van der Waals surface area contributed by atoms with E-state index in [-0.39, 0.29) is 36.4 Å². The molecule has 5 nitrogen and oxygen atoms in total. The Bertz CT molecular complexity index is 548. The number of rotatable bonds is 6. The number of carbonyl (C=O) groups is 2. The van der Waals surface area contributed by atoms with E-state index in [1.54, 1.807) is 6.07 Å². The Morgan fingerprint density at radius 1 is 1.43 bits per heavy atom. The van der Waals surface area contributed by atoms with Crippen molar-refractivity contribution < 1.29 is 18.7 Å². The fraction of sp³-hybridized carbons (Fsp3) is 0.467. The molecule has 0 spiro atoms. The lowest BCUT2D eigenvalue weighted by atomic mass is 10.2. The molecule has 1 aliphatic rings. The number of halogens is 1. The Hall–Kier alpha value is -2.11. The third kappa shape index (κ3) is 4.18. The third-order valence-electron chi connectivity index (χ3n) is 3.53. The van der Waals surface area contributed by atoms with Gasteiger partial charge in [0.05, 0.1) is 7.11 Å². The lowest BCUT2D eigenvalue weighted by molar-refractivity contribution is -0.122. The summed E-state index contributed by atoms with van der Waals surface area (Å²) in [6.45, 7) is 2.31. The predicted octanol–water partition coefficient (Wildman–Crippen LogP) is 1.94. The van der Waals surface area contributed by atoms with Gasteiger partial charge in [0.2, 0.25) is 11.8 Å². The highest BCUT2D eigenvalue weighted by Crippen LogP contribution is 2.37. The standard InChI is InChI=1S/C15H19FN2O3/c1-9-7-11(9)15(20)17-6-5-14(19)18-10-3-4-13(21-2)12(16)8-10/h3-4,8-9,11H,5-7H2,1-2H3,(H,17,20)(H,18,19)/t9-,11+/m0/s1. The Labute approximate surface area is 122 Å². The quantitative estimate of drug-likeness (QED) is 0.842. The van der Waals surface area contributed by atoms with Gasteiger partial charge in [-0.15, -0.1) is 0 Å². The molecule has 0 unspecified atom stereocenters. The van der Waals surface area contributed by atoms with Crippen molar-refractivity contribution in [3.63, 3.8) is 0 Å². The molecule has 1 saturated carbocycles. The second-order valence-electron chi connectivity index (χ2n) is 5.26. The van der Waals surface area contributed by atoms with Gasteiger partial charge in [0.25, 0.3) is 0 Å². The number of carbonyl (C=O) groups excluding carboxylic acids is 2. The molecule has 21 heavy (non-hydrogen) atoms. The number of amides is 2. The summed E-state index contributed by atoms with van der Waals surface area (Å²) in [6.07, 6.45) is 1.07. The van der Waals surface area contributed by atoms with E-state index < -0.39 is 5.82 Å². The molecule has 114 valence electrons. The van der Waals surface area contributed by atoms with Crippen LogP contribution in [-0.2, 0) is 9.59 Å². The minimum Gasteiger partial charge on any atom is -0.494 e. The molecule has 0 radical (unpaired) electrons. The van der Waals surface area contributed by atoms with Crippen molar-refractivity contribution in [2.45, 2.75) is 19.8 Å². The third-order valence-corrected chi connectivity index (χ3v) is 3.53. The number of nitrogens with one attached hydrogen (secondary N) is 2. The molecule has 0 saturated heterocycles.